The highest BCUT2D eigenvalue weighted by atomic mass is 32.2. The summed E-state index contributed by atoms with van der Waals surface area (Å²) in [6.45, 7) is 2.52. The van der Waals surface area contributed by atoms with E-state index in [2.05, 4.69) is 22.3 Å². The summed E-state index contributed by atoms with van der Waals surface area (Å²) >= 11 is 1.26. The van der Waals surface area contributed by atoms with E-state index in [4.69, 9.17) is 9.15 Å². The van der Waals surface area contributed by atoms with Crippen molar-refractivity contribution in [3.63, 3.8) is 0 Å². The van der Waals surface area contributed by atoms with Gasteiger partial charge in [-0.2, -0.15) is 5.10 Å². The number of furan rings is 1. The third-order valence-corrected chi connectivity index (χ3v) is 6.73. The molecule has 0 spiro atoms. The number of phenolic OH excluding ortho intramolecular Hbond substituents is 1. The minimum Gasteiger partial charge on any atom is -0.504 e. The molecule has 190 valence electrons. The van der Waals surface area contributed by atoms with Crippen molar-refractivity contribution in [2.75, 3.05) is 6.61 Å². The summed E-state index contributed by atoms with van der Waals surface area (Å²) in [6, 6.07) is 26.7. The van der Waals surface area contributed by atoms with Crippen LogP contribution in [0.2, 0.25) is 0 Å². The van der Waals surface area contributed by atoms with Gasteiger partial charge in [-0.1, -0.05) is 54.6 Å². The number of amidine groups is 1. The number of benzene rings is 3. The van der Waals surface area contributed by atoms with Gasteiger partial charge in [-0.3, -0.25) is 9.69 Å². The lowest BCUT2D eigenvalue weighted by atomic mass is 10.0. The molecule has 0 radical (unpaired) electrons. The number of carbonyl (C=O) groups is 1. The van der Waals surface area contributed by atoms with Crippen molar-refractivity contribution in [1.29, 1.82) is 0 Å². The van der Waals surface area contributed by atoms with Gasteiger partial charge < -0.3 is 14.3 Å². The summed E-state index contributed by atoms with van der Waals surface area (Å²) in [4.78, 5) is 15.4. The molecular formula is C30H25N3O4S. The Morgan fingerprint density at radius 2 is 1.74 bits per heavy atom. The molecule has 0 bridgehead atoms. The van der Waals surface area contributed by atoms with Crippen molar-refractivity contribution < 1.29 is 19.1 Å². The van der Waals surface area contributed by atoms with E-state index in [1.807, 2.05) is 61.5 Å². The number of carbonyl (C=O) groups excluding carboxylic acids is 1. The first-order chi connectivity index (χ1) is 18.6. The summed E-state index contributed by atoms with van der Waals surface area (Å²) in [7, 11) is 0. The Labute approximate surface area is 224 Å². The largest absolute Gasteiger partial charge is 0.504 e. The predicted octanol–water partition coefficient (Wildman–Crippen LogP) is 6.56. The molecule has 7 nitrogen and oxygen atoms in total. The second-order valence-corrected chi connectivity index (χ2v) is 9.37. The first-order valence-corrected chi connectivity index (χ1v) is 12.9. The number of aromatic hydroxyl groups is 1. The maximum absolute atomic E-state index is 13.3. The van der Waals surface area contributed by atoms with E-state index >= 15 is 0 Å². The Bertz CT molecular complexity index is 1490. The fourth-order valence-corrected chi connectivity index (χ4v) is 4.80. The van der Waals surface area contributed by atoms with E-state index in [0.29, 0.717) is 33.8 Å². The summed E-state index contributed by atoms with van der Waals surface area (Å²) < 4.78 is 10.9. The van der Waals surface area contributed by atoms with E-state index in [-0.39, 0.29) is 18.2 Å². The Morgan fingerprint density at radius 3 is 2.47 bits per heavy atom. The van der Waals surface area contributed by atoms with E-state index in [1.54, 1.807) is 41.6 Å². The zero-order valence-electron chi connectivity index (χ0n) is 20.7. The number of rotatable bonds is 8. The number of hydrogen-bond acceptors (Lipinski definition) is 7. The molecular weight excluding hydrogens is 498 g/mol. The van der Waals surface area contributed by atoms with Gasteiger partial charge in [-0.25, -0.2) is 0 Å². The van der Waals surface area contributed by atoms with Crippen LogP contribution in [-0.2, 0) is 11.3 Å². The highest BCUT2D eigenvalue weighted by Crippen LogP contribution is 2.34. The van der Waals surface area contributed by atoms with Crippen molar-refractivity contribution >= 4 is 35.1 Å². The summed E-state index contributed by atoms with van der Waals surface area (Å²) in [5.41, 5.74) is 3.86. The second kappa shape index (κ2) is 11.7. The van der Waals surface area contributed by atoms with Crippen LogP contribution in [0.5, 0.6) is 11.5 Å². The average molecular weight is 524 g/mol. The van der Waals surface area contributed by atoms with Crippen LogP contribution in [0.15, 0.2) is 111 Å². The normalized spacial score (nSPS) is 15.7. The summed E-state index contributed by atoms with van der Waals surface area (Å²) in [5, 5.41) is 18.9. The maximum atomic E-state index is 13.3. The first kappa shape index (κ1) is 25.1. The molecule has 1 N–H and O–H groups in total. The second-order valence-electron chi connectivity index (χ2n) is 8.36. The summed E-state index contributed by atoms with van der Waals surface area (Å²) in [6.07, 6.45) is 4.98. The minimum absolute atomic E-state index is 0.0588. The van der Waals surface area contributed by atoms with Crippen molar-refractivity contribution in [2.45, 2.75) is 13.5 Å². The zero-order chi connectivity index (χ0) is 26.3. The number of ether oxygens (including phenoxy) is 1. The molecule has 1 amide bonds. The summed E-state index contributed by atoms with van der Waals surface area (Å²) in [5.74, 6) is 0.903. The number of hydrogen-bond donors (Lipinski definition) is 1. The monoisotopic (exact) mass is 523 g/mol. The molecule has 38 heavy (non-hydrogen) atoms. The Morgan fingerprint density at radius 1 is 0.974 bits per heavy atom. The minimum atomic E-state index is -0.171. The fourth-order valence-electron chi connectivity index (χ4n) is 3.86. The molecule has 1 aliphatic heterocycles. The third kappa shape index (κ3) is 5.87. The van der Waals surface area contributed by atoms with E-state index < -0.39 is 0 Å². The Hall–Kier alpha value is -4.56. The molecule has 0 atom stereocenters. The maximum Gasteiger partial charge on any atom is 0.267 e. The molecule has 0 unspecified atom stereocenters. The fraction of sp³-hybridized carbons (Fsp3) is 0.100. The van der Waals surface area contributed by atoms with Crippen molar-refractivity contribution in [2.24, 2.45) is 10.2 Å². The van der Waals surface area contributed by atoms with Crippen LogP contribution < -0.4 is 4.74 Å². The van der Waals surface area contributed by atoms with Gasteiger partial charge in [-0.05, 0) is 77.3 Å². The third-order valence-electron chi connectivity index (χ3n) is 5.73. The van der Waals surface area contributed by atoms with Gasteiger partial charge in [-0.15, -0.1) is 5.10 Å². The lowest BCUT2D eigenvalue weighted by Gasteiger charge is -2.12. The van der Waals surface area contributed by atoms with Crippen LogP contribution in [0.3, 0.4) is 0 Å². The molecule has 2 heterocycles. The standard InChI is InChI=1S/C30H25N3O4S/c1-2-36-27-17-22(12-15-26(27)34)19-31-32-30-33(20-25-9-6-16-37-25)29(35)28(38-30)18-21-10-13-24(14-11-21)23-7-4-3-5-8-23/h3-19,34H,2,20H2,1H3/b28-18-,31-19+,32-30-. The number of phenols is 1. The van der Waals surface area contributed by atoms with Crippen LogP contribution in [-0.4, -0.2) is 33.9 Å². The quantitative estimate of drug-likeness (QED) is 0.161. The predicted molar refractivity (Wildman–Crippen MR) is 151 cm³/mol. The van der Waals surface area contributed by atoms with Gasteiger partial charge >= 0.3 is 0 Å². The molecule has 1 aromatic heterocycles. The van der Waals surface area contributed by atoms with Gasteiger partial charge in [0.25, 0.3) is 5.91 Å². The molecule has 4 aromatic rings. The molecule has 3 aromatic carbocycles. The lowest BCUT2D eigenvalue weighted by Crippen LogP contribution is -2.28. The van der Waals surface area contributed by atoms with Crippen LogP contribution in [0, 0.1) is 0 Å². The van der Waals surface area contributed by atoms with Gasteiger partial charge in [0.15, 0.2) is 16.7 Å². The van der Waals surface area contributed by atoms with Crippen molar-refractivity contribution in [3.8, 4) is 22.6 Å². The van der Waals surface area contributed by atoms with Gasteiger partial charge in [0.05, 0.1) is 30.5 Å². The lowest BCUT2D eigenvalue weighted by molar-refractivity contribution is -0.122. The molecule has 1 saturated heterocycles. The number of nitrogens with zero attached hydrogens (tertiary/aromatic N) is 3. The molecule has 5 rings (SSSR count). The van der Waals surface area contributed by atoms with Gasteiger partial charge in [0.1, 0.15) is 5.76 Å². The topological polar surface area (TPSA) is 87.6 Å². The zero-order valence-corrected chi connectivity index (χ0v) is 21.5. The van der Waals surface area contributed by atoms with Crippen LogP contribution in [0.4, 0.5) is 0 Å². The Kier molecular flexibility index (Phi) is 7.70. The number of amides is 1. The van der Waals surface area contributed by atoms with Gasteiger partial charge in [0.2, 0.25) is 0 Å². The van der Waals surface area contributed by atoms with Crippen molar-refractivity contribution in [1.82, 2.24) is 4.90 Å². The highest BCUT2D eigenvalue weighted by molar-refractivity contribution is 8.18. The van der Waals surface area contributed by atoms with Crippen molar-refractivity contribution in [3.05, 3.63) is 113 Å². The van der Waals surface area contributed by atoms with E-state index in [1.165, 1.54) is 11.8 Å². The molecule has 1 fully saturated rings. The van der Waals surface area contributed by atoms with E-state index in [0.717, 1.165) is 16.7 Å². The molecule has 8 heteroatoms. The smallest absolute Gasteiger partial charge is 0.267 e. The average Bonchev–Trinajstić information content (AvgIpc) is 3.56. The molecule has 0 aliphatic carbocycles. The van der Waals surface area contributed by atoms with Crippen LogP contribution in [0.25, 0.3) is 17.2 Å². The number of thioether (sulfide) groups is 1. The van der Waals surface area contributed by atoms with Crippen LogP contribution >= 0.6 is 11.8 Å². The molecule has 0 saturated carbocycles. The SMILES string of the molecule is CCOc1cc(/C=N/N=C2\S/C(=C\c3ccc(-c4ccccc4)cc3)C(=O)N2Cc2ccco2)ccc1O. The highest BCUT2D eigenvalue weighted by Gasteiger charge is 2.34. The first-order valence-electron chi connectivity index (χ1n) is 12.1. The van der Waals surface area contributed by atoms with Gasteiger partial charge in [0, 0.05) is 0 Å². The van der Waals surface area contributed by atoms with Crippen LogP contribution in [0.1, 0.15) is 23.8 Å². The Balaban J connectivity index is 1.39. The van der Waals surface area contributed by atoms with E-state index in [9.17, 15) is 9.90 Å². The molecule has 1 aliphatic rings.